The Balaban J connectivity index is 0. The van der Waals surface area contributed by atoms with Crippen molar-refractivity contribution in [3.05, 3.63) is 61.0 Å². The summed E-state index contributed by atoms with van der Waals surface area (Å²) in [6, 6.07) is 8.23. The van der Waals surface area contributed by atoms with Gasteiger partial charge in [-0.1, -0.05) is 118 Å². The van der Waals surface area contributed by atoms with Gasteiger partial charge in [0.05, 0.1) is 6.61 Å². The lowest BCUT2D eigenvalue weighted by Gasteiger charge is -2.17. The van der Waals surface area contributed by atoms with E-state index in [0.717, 1.165) is 35.8 Å². The first kappa shape index (κ1) is 34.2. The molecule has 0 unspecified atom stereocenters. The Labute approximate surface area is 214 Å². The zero-order valence-electron chi connectivity index (χ0n) is 24.2. The van der Waals surface area contributed by atoms with E-state index in [4.69, 9.17) is 4.74 Å². The maximum absolute atomic E-state index is 6.07. The fraction of sp³-hybridized carbons (Fsp3) is 0.625. The molecule has 0 spiro atoms. The van der Waals surface area contributed by atoms with Crippen LogP contribution < -0.4 is 10.1 Å². The van der Waals surface area contributed by atoms with E-state index in [0.29, 0.717) is 5.41 Å². The summed E-state index contributed by atoms with van der Waals surface area (Å²) in [5.74, 6) is 1.76. The van der Waals surface area contributed by atoms with Crippen LogP contribution in [0, 0.1) is 11.3 Å². The molecule has 1 aromatic rings. The minimum Gasteiger partial charge on any atom is -0.493 e. The summed E-state index contributed by atoms with van der Waals surface area (Å²) in [4.78, 5) is 0. The Morgan fingerprint density at radius 1 is 1.00 bits per heavy atom. The first-order valence-corrected chi connectivity index (χ1v) is 13.7. The number of ether oxygens (including phenoxy) is 1. The Morgan fingerprint density at radius 3 is 2.15 bits per heavy atom. The molecule has 34 heavy (non-hydrogen) atoms. The summed E-state index contributed by atoms with van der Waals surface area (Å²) >= 11 is 0. The van der Waals surface area contributed by atoms with Crippen molar-refractivity contribution >= 4 is 5.57 Å². The van der Waals surface area contributed by atoms with E-state index in [1.165, 1.54) is 44.9 Å². The van der Waals surface area contributed by atoms with E-state index in [-0.39, 0.29) is 0 Å². The van der Waals surface area contributed by atoms with Crippen molar-refractivity contribution in [2.75, 3.05) is 6.61 Å². The van der Waals surface area contributed by atoms with Crippen LogP contribution in [0.25, 0.3) is 5.57 Å². The second-order valence-electron chi connectivity index (χ2n) is 9.75. The van der Waals surface area contributed by atoms with Gasteiger partial charge in [0.1, 0.15) is 5.75 Å². The summed E-state index contributed by atoms with van der Waals surface area (Å²) in [5, 5.41) is 3.03. The highest BCUT2D eigenvalue weighted by molar-refractivity contribution is 5.68. The number of allylic oxidation sites excluding steroid dienone is 3. The Kier molecular flexibility index (Phi) is 23.0. The molecule has 0 aliphatic heterocycles. The number of hydrogen-bond donors (Lipinski definition) is 1. The molecule has 1 N–H and O–H groups in total. The van der Waals surface area contributed by atoms with E-state index < -0.39 is 0 Å². The van der Waals surface area contributed by atoms with Crippen LogP contribution in [0.4, 0.5) is 0 Å². The highest BCUT2D eigenvalue weighted by Crippen LogP contribution is 2.26. The van der Waals surface area contributed by atoms with Crippen LogP contribution in [0.5, 0.6) is 5.75 Å². The van der Waals surface area contributed by atoms with Crippen LogP contribution in [0.15, 0.2) is 55.4 Å². The summed E-state index contributed by atoms with van der Waals surface area (Å²) in [5.41, 5.74) is 2.78. The number of rotatable bonds is 14. The monoisotopic (exact) mass is 471 g/mol. The predicted octanol–water partition coefficient (Wildman–Crippen LogP) is 10.6. The lowest BCUT2D eigenvalue weighted by molar-refractivity contribution is 0.263. The fourth-order valence-electron chi connectivity index (χ4n) is 3.57. The van der Waals surface area contributed by atoms with E-state index in [1.807, 2.05) is 32.2 Å². The van der Waals surface area contributed by atoms with Crippen molar-refractivity contribution in [3.63, 3.8) is 0 Å². The van der Waals surface area contributed by atoms with Crippen molar-refractivity contribution in [3.8, 4) is 5.75 Å². The van der Waals surface area contributed by atoms with Crippen molar-refractivity contribution in [1.29, 1.82) is 0 Å². The van der Waals surface area contributed by atoms with Crippen LogP contribution in [-0.4, -0.2) is 6.61 Å². The second-order valence-corrected chi connectivity index (χ2v) is 9.75. The van der Waals surface area contributed by atoms with Crippen molar-refractivity contribution in [1.82, 2.24) is 5.32 Å². The summed E-state index contributed by atoms with van der Waals surface area (Å²) in [7, 11) is 0. The fourth-order valence-corrected chi connectivity index (χ4v) is 3.57. The first-order chi connectivity index (χ1) is 16.3. The van der Waals surface area contributed by atoms with Gasteiger partial charge in [-0.3, -0.25) is 0 Å². The third-order valence-electron chi connectivity index (χ3n) is 5.37. The number of nitrogens with one attached hydrogen (secondary N) is 1. The molecule has 0 fully saturated rings. The van der Waals surface area contributed by atoms with Crippen LogP contribution in [0.1, 0.15) is 119 Å². The third kappa shape index (κ3) is 19.5. The lowest BCUT2D eigenvalue weighted by atomic mass is 9.90. The molecule has 0 radical (unpaired) electrons. The van der Waals surface area contributed by atoms with Gasteiger partial charge in [0.2, 0.25) is 0 Å². The summed E-state index contributed by atoms with van der Waals surface area (Å²) in [6.07, 6.45) is 18.1. The van der Waals surface area contributed by atoms with Crippen LogP contribution in [0.3, 0.4) is 0 Å². The van der Waals surface area contributed by atoms with Crippen LogP contribution in [-0.2, 0) is 0 Å². The third-order valence-corrected chi connectivity index (χ3v) is 5.37. The van der Waals surface area contributed by atoms with Gasteiger partial charge in [0, 0.05) is 11.8 Å². The molecule has 196 valence electrons. The minimum absolute atomic E-state index is 0.498. The highest BCUT2D eigenvalue weighted by atomic mass is 16.5. The molecule has 0 saturated carbocycles. The number of hydrogen-bond acceptors (Lipinski definition) is 2. The molecule has 0 aliphatic carbocycles. The molecule has 0 saturated heterocycles. The van der Waals surface area contributed by atoms with E-state index in [1.54, 1.807) is 6.20 Å². The average Bonchev–Trinajstić information content (AvgIpc) is 2.82. The van der Waals surface area contributed by atoms with Gasteiger partial charge in [0.15, 0.2) is 0 Å². The van der Waals surface area contributed by atoms with E-state index >= 15 is 0 Å². The molecule has 2 heteroatoms. The molecular formula is C32H57NO. The van der Waals surface area contributed by atoms with Gasteiger partial charge in [-0.15, -0.1) is 0 Å². The van der Waals surface area contributed by atoms with Gasteiger partial charge in [-0.25, -0.2) is 0 Å². The maximum Gasteiger partial charge on any atom is 0.126 e. The van der Waals surface area contributed by atoms with Crippen molar-refractivity contribution in [2.24, 2.45) is 11.3 Å². The van der Waals surface area contributed by atoms with Gasteiger partial charge in [0.25, 0.3) is 0 Å². The van der Waals surface area contributed by atoms with Gasteiger partial charge in [-0.2, -0.15) is 0 Å². The quantitative estimate of drug-likeness (QED) is 0.272. The number of benzene rings is 1. The largest absolute Gasteiger partial charge is 0.493 e. The smallest absolute Gasteiger partial charge is 0.126 e. The van der Waals surface area contributed by atoms with Crippen LogP contribution in [0.2, 0.25) is 0 Å². The van der Waals surface area contributed by atoms with Gasteiger partial charge < -0.3 is 10.1 Å². The Morgan fingerprint density at radius 2 is 1.62 bits per heavy atom. The lowest BCUT2D eigenvalue weighted by Crippen LogP contribution is -2.08. The Bertz CT molecular complexity index is 645. The van der Waals surface area contributed by atoms with Crippen LogP contribution >= 0.6 is 0 Å². The van der Waals surface area contributed by atoms with Crippen molar-refractivity contribution in [2.45, 2.75) is 114 Å². The molecule has 1 rings (SSSR count). The zero-order valence-corrected chi connectivity index (χ0v) is 24.2. The normalized spacial score (nSPS) is 11.4. The molecule has 0 bridgehead atoms. The molecule has 2 nitrogen and oxygen atoms in total. The molecule has 0 heterocycles. The molecule has 0 amide bonds. The molecule has 0 aromatic heterocycles. The zero-order chi connectivity index (χ0) is 26.2. The molecule has 0 atom stereocenters. The summed E-state index contributed by atoms with van der Waals surface area (Å²) < 4.78 is 6.07. The molecular weight excluding hydrogens is 414 g/mol. The Hall–Kier alpha value is -1.96. The van der Waals surface area contributed by atoms with Crippen molar-refractivity contribution < 1.29 is 4.74 Å². The van der Waals surface area contributed by atoms with E-state index in [2.05, 4.69) is 84.6 Å². The SMILES string of the molecule is C=CN/C=C(\C)c1ccccc1OCCC(CCC)CCC.CC.CC/C=C/CCC(C)(C)C. The highest BCUT2D eigenvalue weighted by Gasteiger charge is 2.09. The number of para-hydroxylation sites is 1. The first-order valence-electron chi connectivity index (χ1n) is 13.7. The summed E-state index contributed by atoms with van der Waals surface area (Å²) in [6.45, 7) is 24.1. The second kappa shape index (κ2) is 22.8. The standard InChI is InChI=1S/C20H31NO.C10H20.C2H6/c1-5-10-18(11-6-2)14-15-22-20-13-9-8-12-19(20)17(4)16-21-7-3;1-5-6-7-8-9-10(2,3)4;1-2/h7-9,12-13,16,18,21H,3,5-6,10-11,14-15H2,1-2,4H3;6-7H,5,8-9H2,1-4H3;1-2H3/b17-16+;7-6+;. The van der Waals surface area contributed by atoms with E-state index in [9.17, 15) is 0 Å². The minimum atomic E-state index is 0.498. The predicted molar refractivity (Wildman–Crippen MR) is 156 cm³/mol. The molecule has 1 aromatic carbocycles. The average molecular weight is 472 g/mol. The van der Waals surface area contributed by atoms with Gasteiger partial charge >= 0.3 is 0 Å². The maximum atomic E-state index is 6.07. The molecule has 0 aliphatic rings. The van der Waals surface area contributed by atoms with Gasteiger partial charge in [-0.05, 0) is 61.8 Å². The topological polar surface area (TPSA) is 21.3 Å².